The van der Waals surface area contributed by atoms with Crippen molar-refractivity contribution in [2.75, 3.05) is 21.0 Å². The Kier molecular flexibility index (Phi) is 6.30. The van der Waals surface area contributed by atoms with Gasteiger partial charge in [0.1, 0.15) is 0 Å². The minimum absolute atomic E-state index is 0.166. The van der Waals surface area contributed by atoms with Crippen molar-refractivity contribution in [3.05, 3.63) is 112 Å². The second-order valence-corrected chi connectivity index (χ2v) is 11.1. The first-order valence-corrected chi connectivity index (χ1v) is 14.2. The van der Waals surface area contributed by atoms with Gasteiger partial charge in [-0.2, -0.15) is 4.57 Å². The smallest absolute Gasteiger partial charge is 0.231 e. The molecule has 1 aromatic heterocycles. The number of rotatable bonds is 6. The van der Waals surface area contributed by atoms with Crippen molar-refractivity contribution in [3.8, 4) is 34.3 Å². The maximum atomic E-state index is 5.95. The molecular formula is C36H34NO4+. The highest BCUT2D eigenvalue weighted by Gasteiger charge is 2.33. The number of benzene rings is 4. The van der Waals surface area contributed by atoms with Crippen LogP contribution in [0.15, 0.2) is 79.0 Å². The van der Waals surface area contributed by atoms with Crippen LogP contribution in [0.4, 0.5) is 0 Å². The number of ether oxygens (including phenoxy) is 4. The van der Waals surface area contributed by atoms with E-state index in [0.717, 1.165) is 47.8 Å². The average Bonchev–Trinajstić information content (AvgIpc) is 3.46. The van der Waals surface area contributed by atoms with Gasteiger partial charge in [-0.1, -0.05) is 59.7 Å². The summed E-state index contributed by atoms with van der Waals surface area (Å²) >= 11 is 0. The highest BCUT2D eigenvalue weighted by atomic mass is 16.7. The van der Waals surface area contributed by atoms with Crippen LogP contribution in [0.2, 0.25) is 0 Å². The first kappa shape index (κ1) is 25.5. The summed E-state index contributed by atoms with van der Waals surface area (Å²) in [5.41, 5.74) is 10.1. The molecule has 0 amide bonds. The Morgan fingerprint density at radius 1 is 0.780 bits per heavy atom. The van der Waals surface area contributed by atoms with Crippen LogP contribution in [0.25, 0.3) is 22.0 Å². The molecule has 0 spiro atoms. The van der Waals surface area contributed by atoms with Gasteiger partial charge in [0.25, 0.3) is 0 Å². The number of hydrogen-bond acceptors (Lipinski definition) is 4. The minimum atomic E-state index is 0.166. The van der Waals surface area contributed by atoms with Crippen molar-refractivity contribution in [3.63, 3.8) is 0 Å². The molecule has 0 atom stereocenters. The molecule has 5 heteroatoms. The van der Waals surface area contributed by atoms with Gasteiger partial charge in [0, 0.05) is 23.3 Å². The van der Waals surface area contributed by atoms with Crippen molar-refractivity contribution in [2.45, 2.75) is 39.2 Å². The molecule has 0 unspecified atom stereocenters. The van der Waals surface area contributed by atoms with Gasteiger partial charge in [0.15, 0.2) is 35.7 Å². The van der Waals surface area contributed by atoms with Gasteiger partial charge in [-0.3, -0.25) is 0 Å². The molecule has 0 aliphatic carbocycles. The molecular weight excluding hydrogens is 510 g/mol. The number of hydrogen-bond donors (Lipinski definition) is 0. The quantitative estimate of drug-likeness (QED) is 0.214. The standard InChI is InChI=1S/C36H34NO4/c1-22-5-9-24(10-6-22)28(25-11-7-23(2)8-12-25)18-30-27-13-14-32(38-3)36(39-4)31(27)20-37-16-15-26-17-33-34(41-21-40-33)19-29(26)35(30)37/h5-14,17,19-20,28H,15-16,18,21H2,1-4H3/q+1. The zero-order chi connectivity index (χ0) is 28.1. The van der Waals surface area contributed by atoms with Crippen LogP contribution in [0.1, 0.15) is 39.3 Å². The Hall–Kier alpha value is -4.51. The lowest BCUT2D eigenvalue weighted by atomic mass is 9.81. The Morgan fingerprint density at radius 2 is 1.44 bits per heavy atom. The maximum Gasteiger partial charge on any atom is 0.231 e. The molecule has 5 nitrogen and oxygen atoms in total. The average molecular weight is 545 g/mol. The molecule has 7 rings (SSSR count). The van der Waals surface area contributed by atoms with Gasteiger partial charge in [0.05, 0.1) is 25.2 Å². The molecule has 5 aromatic rings. The van der Waals surface area contributed by atoms with Crippen molar-refractivity contribution in [2.24, 2.45) is 0 Å². The van der Waals surface area contributed by atoms with Gasteiger partial charge >= 0.3 is 0 Å². The monoisotopic (exact) mass is 544 g/mol. The minimum Gasteiger partial charge on any atom is -0.493 e. The van der Waals surface area contributed by atoms with Crippen molar-refractivity contribution in [1.29, 1.82) is 0 Å². The number of fused-ring (bicyclic) bond motifs is 5. The number of aryl methyl sites for hydroxylation is 4. The molecule has 0 saturated heterocycles. The first-order chi connectivity index (χ1) is 20.0. The summed E-state index contributed by atoms with van der Waals surface area (Å²) in [7, 11) is 3.41. The van der Waals surface area contributed by atoms with Crippen LogP contribution in [0.3, 0.4) is 0 Å². The maximum absolute atomic E-state index is 5.95. The summed E-state index contributed by atoms with van der Waals surface area (Å²) < 4.78 is 25.7. The Labute approximate surface area is 240 Å². The highest BCUT2D eigenvalue weighted by Crippen LogP contribution is 2.45. The van der Waals surface area contributed by atoms with E-state index >= 15 is 0 Å². The van der Waals surface area contributed by atoms with E-state index in [1.54, 1.807) is 14.2 Å². The molecule has 3 heterocycles. The molecule has 0 saturated carbocycles. The van der Waals surface area contributed by atoms with E-state index in [1.807, 2.05) is 6.07 Å². The van der Waals surface area contributed by atoms with E-state index in [1.165, 1.54) is 50.0 Å². The fourth-order valence-corrected chi connectivity index (χ4v) is 6.45. The van der Waals surface area contributed by atoms with Crippen molar-refractivity contribution >= 4 is 10.8 Å². The molecule has 0 N–H and O–H groups in total. The van der Waals surface area contributed by atoms with Crippen LogP contribution in [-0.4, -0.2) is 21.0 Å². The molecule has 2 aliphatic heterocycles. The number of nitrogens with zero attached hydrogens (tertiary/aromatic N) is 1. The lowest BCUT2D eigenvalue weighted by molar-refractivity contribution is -0.686. The van der Waals surface area contributed by atoms with Crippen LogP contribution in [0, 0.1) is 13.8 Å². The zero-order valence-electron chi connectivity index (χ0n) is 24.0. The van der Waals surface area contributed by atoms with Gasteiger partial charge in [-0.15, -0.1) is 0 Å². The first-order valence-electron chi connectivity index (χ1n) is 14.2. The van der Waals surface area contributed by atoms with Crippen LogP contribution in [-0.2, 0) is 19.4 Å². The Balaban J connectivity index is 1.50. The highest BCUT2D eigenvalue weighted by molar-refractivity contribution is 5.95. The second kappa shape index (κ2) is 10.2. The third-order valence-electron chi connectivity index (χ3n) is 8.61. The fraction of sp³-hybridized carbons (Fsp3) is 0.250. The lowest BCUT2D eigenvalue weighted by Gasteiger charge is -2.24. The Bertz CT molecular complexity index is 1730. The van der Waals surface area contributed by atoms with E-state index in [4.69, 9.17) is 18.9 Å². The fourth-order valence-electron chi connectivity index (χ4n) is 6.45. The zero-order valence-corrected chi connectivity index (χ0v) is 24.0. The van der Waals surface area contributed by atoms with Gasteiger partial charge in [-0.25, -0.2) is 0 Å². The number of methoxy groups -OCH3 is 2. The molecule has 206 valence electrons. The topological polar surface area (TPSA) is 40.8 Å². The van der Waals surface area contributed by atoms with Crippen LogP contribution < -0.4 is 23.5 Å². The molecule has 0 fully saturated rings. The molecule has 2 aliphatic rings. The van der Waals surface area contributed by atoms with Crippen LogP contribution >= 0.6 is 0 Å². The van der Waals surface area contributed by atoms with Gasteiger partial charge in [-0.05, 0) is 61.2 Å². The van der Waals surface area contributed by atoms with Gasteiger partial charge in [0.2, 0.25) is 12.5 Å². The summed E-state index contributed by atoms with van der Waals surface area (Å²) in [4.78, 5) is 0. The van der Waals surface area contributed by atoms with E-state index in [2.05, 4.69) is 91.3 Å². The van der Waals surface area contributed by atoms with E-state index in [-0.39, 0.29) is 12.7 Å². The summed E-state index contributed by atoms with van der Waals surface area (Å²) in [6.07, 6.45) is 3.97. The molecule has 0 radical (unpaired) electrons. The third kappa shape index (κ3) is 4.37. The summed E-state index contributed by atoms with van der Waals surface area (Å²) in [6, 6.07) is 26.5. The van der Waals surface area contributed by atoms with E-state index in [9.17, 15) is 0 Å². The molecule has 0 bridgehead atoms. The summed E-state index contributed by atoms with van der Waals surface area (Å²) in [5, 5.41) is 2.23. The Morgan fingerprint density at radius 3 is 2.07 bits per heavy atom. The molecule has 4 aromatic carbocycles. The summed E-state index contributed by atoms with van der Waals surface area (Å²) in [6.45, 7) is 5.42. The normalized spacial score (nSPS) is 13.3. The molecule has 41 heavy (non-hydrogen) atoms. The third-order valence-corrected chi connectivity index (χ3v) is 8.61. The number of aromatic nitrogens is 1. The van der Waals surface area contributed by atoms with E-state index in [0.29, 0.717) is 0 Å². The largest absolute Gasteiger partial charge is 0.493 e. The van der Waals surface area contributed by atoms with Crippen molar-refractivity contribution < 1.29 is 23.5 Å². The van der Waals surface area contributed by atoms with Crippen LogP contribution in [0.5, 0.6) is 23.0 Å². The SMILES string of the molecule is COc1ccc2c(CC(c3ccc(C)cc3)c3ccc(C)cc3)c3[n+](cc2c1OC)CCc1cc2c(cc1-3)OCO2. The summed E-state index contributed by atoms with van der Waals surface area (Å²) in [5.74, 6) is 3.31. The van der Waals surface area contributed by atoms with Crippen molar-refractivity contribution in [1.82, 2.24) is 0 Å². The number of pyridine rings is 1. The van der Waals surface area contributed by atoms with Gasteiger partial charge < -0.3 is 18.9 Å². The second-order valence-electron chi connectivity index (χ2n) is 11.1. The lowest BCUT2D eigenvalue weighted by Crippen LogP contribution is -2.41. The predicted octanol–water partition coefficient (Wildman–Crippen LogP) is 7.09. The van der Waals surface area contributed by atoms with E-state index < -0.39 is 0 Å². The predicted molar refractivity (Wildman–Crippen MR) is 160 cm³/mol.